The van der Waals surface area contributed by atoms with E-state index in [2.05, 4.69) is 68.8 Å². The van der Waals surface area contributed by atoms with E-state index < -0.39 is 0 Å². The number of likely N-dealkylation sites (tertiary alicyclic amines) is 2. The van der Waals surface area contributed by atoms with E-state index in [9.17, 15) is 0 Å². The highest BCUT2D eigenvalue weighted by Gasteiger charge is 2.22. The van der Waals surface area contributed by atoms with E-state index in [1.807, 2.05) is 30.3 Å². The van der Waals surface area contributed by atoms with Gasteiger partial charge in [-0.25, -0.2) is 0 Å². The Hall–Kier alpha value is -3.59. The van der Waals surface area contributed by atoms with Gasteiger partial charge >= 0.3 is 0 Å². The van der Waals surface area contributed by atoms with Crippen molar-refractivity contribution >= 4 is 29.0 Å². The molecule has 0 radical (unpaired) electrons. The molecule has 9 heteroatoms. The second kappa shape index (κ2) is 14.9. The highest BCUT2D eigenvalue weighted by atomic mass is 35.5. The maximum absolute atomic E-state index is 6.31. The number of hydrogen-bond donors (Lipinski definition) is 1. The molecule has 2 saturated heterocycles. The number of piperidine rings is 1. The summed E-state index contributed by atoms with van der Waals surface area (Å²) < 4.78 is 17.2. The number of anilines is 1. The van der Waals surface area contributed by atoms with Crippen LogP contribution in [0, 0.1) is 0 Å². The minimum Gasteiger partial charge on any atom is -0.497 e. The van der Waals surface area contributed by atoms with Crippen molar-refractivity contribution in [2.75, 3.05) is 52.8 Å². The van der Waals surface area contributed by atoms with Gasteiger partial charge in [0.2, 0.25) is 0 Å². The van der Waals surface area contributed by atoms with E-state index in [-0.39, 0.29) is 12.4 Å². The minimum atomic E-state index is 0. The fourth-order valence-electron chi connectivity index (χ4n) is 6.21. The Morgan fingerprint density at radius 1 is 0.750 bits per heavy atom. The second-order valence-corrected chi connectivity index (χ2v) is 11.8. The molecule has 6 rings (SSSR count). The summed E-state index contributed by atoms with van der Waals surface area (Å²) >= 11 is 0. The summed E-state index contributed by atoms with van der Waals surface area (Å²) in [7, 11) is 5.57. The van der Waals surface area contributed by atoms with Crippen LogP contribution in [-0.4, -0.2) is 79.6 Å². The van der Waals surface area contributed by atoms with Gasteiger partial charge in [-0.15, -0.1) is 22.6 Å². The fraction of sp³-hybridized carbons (Fsp3) is 0.429. The van der Waals surface area contributed by atoms with Gasteiger partial charge in [-0.1, -0.05) is 12.1 Å². The molecule has 2 aliphatic rings. The number of nitrogens with one attached hydrogen (secondary N) is 1. The van der Waals surface area contributed by atoms with Gasteiger partial charge in [0, 0.05) is 48.6 Å². The Balaban J connectivity index is 0.00000384. The molecule has 2 aliphatic heterocycles. The van der Waals surface area contributed by atoms with Gasteiger partial charge in [-0.3, -0.25) is 4.90 Å². The SMILES string of the molecule is COc1ccc(-c2nnc(NC3CCN(Cc4ccc(OC5CCCN(C)CC5)cc4)CC3)c3cc(OC)ccc23)cc1.Cl. The molecular formula is C35H44ClN5O3. The molecule has 0 bridgehead atoms. The highest BCUT2D eigenvalue weighted by molar-refractivity contribution is 6.00. The van der Waals surface area contributed by atoms with Crippen LogP contribution in [0.2, 0.25) is 0 Å². The van der Waals surface area contributed by atoms with E-state index >= 15 is 0 Å². The number of halogens is 1. The predicted octanol–water partition coefficient (Wildman–Crippen LogP) is 6.68. The molecule has 1 N–H and O–H groups in total. The van der Waals surface area contributed by atoms with Crippen LogP contribution in [0.3, 0.4) is 0 Å². The van der Waals surface area contributed by atoms with E-state index in [1.54, 1.807) is 14.2 Å². The molecule has 1 aromatic heterocycles. The largest absolute Gasteiger partial charge is 0.497 e. The van der Waals surface area contributed by atoms with Gasteiger partial charge < -0.3 is 24.4 Å². The van der Waals surface area contributed by atoms with Crippen molar-refractivity contribution in [2.24, 2.45) is 0 Å². The number of rotatable bonds is 9. The molecule has 1 unspecified atom stereocenters. The second-order valence-electron chi connectivity index (χ2n) is 11.8. The highest BCUT2D eigenvalue weighted by Crippen LogP contribution is 2.34. The van der Waals surface area contributed by atoms with Crippen molar-refractivity contribution in [1.82, 2.24) is 20.0 Å². The number of ether oxygens (including phenoxy) is 3. The van der Waals surface area contributed by atoms with Gasteiger partial charge in [0.1, 0.15) is 22.9 Å². The molecule has 3 aromatic carbocycles. The Morgan fingerprint density at radius 2 is 1.45 bits per heavy atom. The zero-order chi connectivity index (χ0) is 29.6. The number of aromatic nitrogens is 2. The first kappa shape index (κ1) is 31.8. The standard InChI is InChI=1S/C35H43N5O3.ClH/c1-39-19-4-5-29(18-20-39)43-30-10-6-25(7-11-30)24-40-21-16-27(17-22-40)36-35-33-23-31(42-3)14-15-32(33)34(37-38-35)26-8-12-28(41-2)13-9-26;/h6-15,23,27,29H,4-5,16-22,24H2,1-3H3,(H,36,38);1H. The average molecular weight is 618 g/mol. The van der Waals surface area contributed by atoms with Crippen LogP contribution < -0.4 is 19.5 Å². The van der Waals surface area contributed by atoms with Gasteiger partial charge in [0.15, 0.2) is 5.82 Å². The van der Waals surface area contributed by atoms with Crippen molar-refractivity contribution in [3.63, 3.8) is 0 Å². The summed E-state index contributed by atoms with van der Waals surface area (Å²) in [5.41, 5.74) is 3.18. The normalized spacial score (nSPS) is 18.3. The van der Waals surface area contributed by atoms with Crippen LogP contribution in [-0.2, 0) is 6.54 Å². The first-order valence-electron chi connectivity index (χ1n) is 15.5. The first-order chi connectivity index (χ1) is 21.1. The maximum Gasteiger partial charge on any atom is 0.156 e. The van der Waals surface area contributed by atoms with Gasteiger partial charge in [0.05, 0.1) is 20.3 Å². The molecule has 4 aromatic rings. The third-order valence-corrected chi connectivity index (χ3v) is 8.81. The Bertz CT molecular complexity index is 1490. The van der Waals surface area contributed by atoms with Crippen molar-refractivity contribution in [2.45, 2.75) is 50.8 Å². The average Bonchev–Trinajstić information content (AvgIpc) is 3.26. The molecule has 2 fully saturated rings. The van der Waals surface area contributed by atoms with Crippen molar-refractivity contribution in [3.05, 3.63) is 72.3 Å². The quantitative estimate of drug-likeness (QED) is 0.223. The topological polar surface area (TPSA) is 72.0 Å². The Morgan fingerprint density at radius 3 is 2.18 bits per heavy atom. The number of fused-ring (bicyclic) bond motifs is 1. The van der Waals surface area contributed by atoms with Gasteiger partial charge in [-0.05, 0) is 106 Å². The van der Waals surface area contributed by atoms with Crippen LogP contribution in [0.25, 0.3) is 22.0 Å². The summed E-state index contributed by atoms with van der Waals surface area (Å²) in [6.45, 7) is 5.30. The summed E-state index contributed by atoms with van der Waals surface area (Å²) in [6.07, 6.45) is 5.86. The molecule has 234 valence electrons. The maximum atomic E-state index is 6.31. The zero-order valence-corrected chi connectivity index (χ0v) is 26.8. The molecule has 0 spiro atoms. The van der Waals surface area contributed by atoms with E-state index in [0.717, 1.165) is 97.0 Å². The third kappa shape index (κ3) is 7.73. The number of hydrogen-bond acceptors (Lipinski definition) is 8. The van der Waals surface area contributed by atoms with Crippen molar-refractivity contribution in [3.8, 4) is 28.5 Å². The number of benzene rings is 3. The predicted molar refractivity (Wildman–Crippen MR) is 179 cm³/mol. The van der Waals surface area contributed by atoms with Crippen LogP contribution in [0.5, 0.6) is 17.2 Å². The third-order valence-electron chi connectivity index (χ3n) is 8.81. The molecule has 8 nitrogen and oxygen atoms in total. The molecule has 0 saturated carbocycles. The summed E-state index contributed by atoms with van der Waals surface area (Å²) in [5.74, 6) is 3.42. The first-order valence-corrected chi connectivity index (χ1v) is 15.5. The molecule has 3 heterocycles. The number of methoxy groups -OCH3 is 2. The molecule has 0 aliphatic carbocycles. The lowest BCUT2D eigenvalue weighted by molar-refractivity contribution is 0.183. The lowest BCUT2D eigenvalue weighted by Gasteiger charge is -2.32. The van der Waals surface area contributed by atoms with Crippen molar-refractivity contribution in [1.29, 1.82) is 0 Å². The zero-order valence-electron chi connectivity index (χ0n) is 26.0. The van der Waals surface area contributed by atoms with Crippen molar-refractivity contribution < 1.29 is 14.2 Å². The lowest BCUT2D eigenvalue weighted by Crippen LogP contribution is -2.38. The number of nitrogens with zero attached hydrogens (tertiary/aromatic N) is 4. The lowest BCUT2D eigenvalue weighted by atomic mass is 10.0. The molecule has 0 amide bonds. The fourth-order valence-corrected chi connectivity index (χ4v) is 6.21. The van der Waals surface area contributed by atoms with Crippen LogP contribution in [0.1, 0.15) is 37.7 Å². The Labute approximate surface area is 267 Å². The smallest absolute Gasteiger partial charge is 0.156 e. The van der Waals surface area contributed by atoms with Crippen LogP contribution >= 0.6 is 12.4 Å². The summed E-state index contributed by atoms with van der Waals surface area (Å²) in [5, 5.41) is 15.1. The summed E-state index contributed by atoms with van der Waals surface area (Å²) in [6, 6.07) is 23.1. The van der Waals surface area contributed by atoms with Gasteiger partial charge in [0.25, 0.3) is 0 Å². The van der Waals surface area contributed by atoms with E-state index in [4.69, 9.17) is 14.2 Å². The van der Waals surface area contributed by atoms with Gasteiger partial charge in [-0.2, -0.15) is 0 Å². The van der Waals surface area contributed by atoms with Crippen LogP contribution in [0.15, 0.2) is 66.7 Å². The molecule has 1 atom stereocenters. The van der Waals surface area contributed by atoms with E-state index in [1.165, 1.54) is 18.5 Å². The molecular weight excluding hydrogens is 574 g/mol. The Kier molecular flexibility index (Phi) is 10.8. The van der Waals surface area contributed by atoms with Crippen LogP contribution in [0.4, 0.5) is 5.82 Å². The minimum absolute atomic E-state index is 0. The summed E-state index contributed by atoms with van der Waals surface area (Å²) in [4.78, 5) is 4.94. The van der Waals surface area contributed by atoms with E-state index in [0.29, 0.717) is 12.1 Å². The molecule has 44 heavy (non-hydrogen) atoms. The monoisotopic (exact) mass is 617 g/mol.